The molecule has 0 atom stereocenters. The van der Waals surface area contributed by atoms with Crippen LogP contribution in [-0.4, -0.2) is 22.6 Å². The van der Waals surface area contributed by atoms with Crippen LogP contribution in [0.1, 0.15) is 10.5 Å². The zero-order chi connectivity index (χ0) is 14.5. The number of carbonyl (C=O) groups is 2. The lowest BCUT2D eigenvalue weighted by molar-refractivity contribution is -0.117. The standard InChI is InChI=1S/C13H12BrN3O2S/c14-8-3-4-11(9(15)6-8)20-7-12(18)17-13(19)10-2-1-5-16-10/h1-6,16H,7,15H2,(H,17,18,19). The number of amides is 2. The van der Waals surface area contributed by atoms with Crippen molar-refractivity contribution in [2.45, 2.75) is 4.90 Å². The minimum atomic E-state index is -0.440. The molecule has 1 heterocycles. The number of H-pyrrole nitrogens is 1. The number of halogens is 1. The summed E-state index contributed by atoms with van der Waals surface area (Å²) in [5, 5.41) is 2.30. The van der Waals surface area contributed by atoms with E-state index >= 15 is 0 Å². The zero-order valence-electron chi connectivity index (χ0n) is 10.4. The van der Waals surface area contributed by atoms with Crippen molar-refractivity contribution in [1.29, 1.82) is 0 Å². The van der Waals surface area contributed by atoms with Gasteiger partial charge in [-0.2, -0.15) is 0 Å². The first-order valence-corrected chi connectivity index (χ1v) is 7.49. The molecule has 0 saturated carbocycles. The fourth-order valence-electron chi connectivity index (χ4n) is 1.50. The number of benzene rings is 1. The summed E-state index contributed by atoms with van der Waals surface area (Å²) in [5.41, 5.74) is 6.78. The third-order valence-electron chi connectivity index (χ3n) is 2.43. The van der Waals surface area contributed by atoms with Gasteiger partial charge in [-0.05, 0) is 30.3 Å². The zero-order valence-corrected chi connectivity index (χ0v) is 12.8. The van der Waals surface area contributed by atoms with Crippen LogP contribution in [0.15, 0.2) is 45.9 Å². The van der Waals surface area contributed by atoms with Crippen LogP contribution in [0.4, 0.5) is 5.69 Å². The second kappa shape index (κ2) is 6.62. The molecule has 7 heteroatoms. The van der Waals surface area contributed by atoms with E-state index in [0.29, 0.717) is 11.4 Å². The average Bonchev–Trinajstić information content (AvgIpc) is 2.91. The molecule has 0 aliphatic rings. The van der Waals surface area contributed by atoms with Crippen molar-refractivity contribution in [3.8, 4) is 0 Å². The number of aromatic amines is 1. The van der Waals surface area contributed by atoms with Crippen LogP contribution in [0, 0.1) is 0 Å². The first-order valence-electron chi connectivity index (χ1n) is 5.71. The molecule has 0 spiro atoms. The Morgan fingerprint density at radius 2 is 2.15 bits per heavy atom. The second-order valence-electron chi connectivity index (χ2n) is 3.93. The van der Waals surface area contributed by atoms with E-state index in [1.807, 2.05) is 12.1 Å². The highest BCUT2D eigenvalue weighted by Gasteiger charge is 2.11. The van der Waals surface area contributed by atoms with Gasteiger partial charge in [0.2, 0.25) is 5.91 Å². The molecule has 2 aromatic rings. The number of thioether (sulfide) groups is 1. The second-order valence-corrected chi connectivity index (χ2v) is 5.86. The van der Waals surface area contributed by atoms with Crippen LogP contribution in [0.25, 0.3) is 0 Å². The van der Waals surface area contributed by atoms with Gasteiger partial charge in [-0.3, -0.25) is 14.9 Å². The van der Waals surface area contributed by atoms with Crippen molar-refractivity contribution in [2.75, 3.05) is 11.5 Å². The van der Waals surface area contributed by atoms with Crippen LogP contribution < -0.4 is 11.1 Å². The third-order valence-corrected chi connectivity index (χ3v) is 4.01. The highest BCUT2D eigenvalue weighted by Crippen LogP contribution is 2.27. The summed E-state index contributed by atoms with van der Waals surface area (Å²) in [4.78, 5) is 26.9. The number of nitrogen functional groups attached to an aromatic ring is 1. The van der Waals surface area contributed by atoms with E-state index in [4.69, 9.17) is 5.73 Å². The number of nitrogens with one attached hydrogen (secondary N) is 2. The lowest BCUT2D eigenvalue weighted by Gasteiger charge is -2.06. The number of hydrogen-bond acceptors (Lipinski definition) is 4. The summed E-state index contributed by atoms with van der Waals surface area (Å²) in [6, 6.07) is 8.73. The van der Waals surface area contributed by atoms with Gasteiger partial charge in [-0.1, -0.05) is 15.9 Å². The number of anilines is 1. The molecule has 2 amide bonds. The van der Waals surface area contributed by atoms with E-state index in [1.165, 1.54) is 11.8 Å². The normalized spacial score (nSPS) is 10.2. The number of carbonyl (C=O) groups excluding carboxylic acids is 2. The Labute approximate surface area is 128 Å². The Kier molecular flexibility index (Phi) is 4.86. The van der Waals surface area contributed by atoms with Gasteiger partial charge in [0.05, 0.1) is 5.75 Å². The summed E-state index contributed by atoms with van der Waals surface area (Å²) in [6.45, 7) is 0. The fraction of sp³-hybridized carbons (Fsp3) is 0.0769. The Balaban J connectivity index is 1.88. The van der Waals surface area contributed by atoms with Crippen molar-refractivity contribution in [3.63, 3.8) is 0 Å². The highest BCUT2D eigenvalue weighted by molar-refractivity contribution is 9.10. The van der Waals surface area contributed by atoms with E-state index in [2.05, 4.69) is 26.2 Å². The molecule has 1 aromatic carbocycles. The number of imide groups is 1. The van der Waals surface area contributed by atoms with Crippen molar-refractivity contribution in [2.24, 2.45) is 0 Å². The summed E-state index contributed by atoms with van der Waals surface area (Å²) >= 11 is 4.60. The SMILES string of the molecule is Nc1cc(Br)ccc1SCC(=O)NC(=O)c1ccc[nH]1. The highest BCUT2D eigenvalue weighted by atomic mass is 79.9. The Morgan fingerprint density at radius 1 is 1.35 bits per heavy atom. The Bertz CT molecular complexity index is 629. The molecule has 5 nitrogen and oxygen atoms in total. The number of rotatable bonds is 4. The molecule has 1 aromatic heterocycles. The van der Waals surface area contributed by atoms with Gasteiger partial charge >= 0.3 is 0 Å². The molecule has 4 N–H and O–H groups in total. The molecule has 0 radical (unpaired) electrons. The quantitative estimate of drug-likeness (QED) is 0.581. The maximum Gasteiger partial charge on any atom is 0.274 e. The van der Waals surface area contributed by atoms with Crippen molar-refractivity contribution >= 4 is 45.2 Å². The maximum atomic E-state index is 11.7. The maximum absolute atomic E-state index is 11.7. The first kappa shape index (κ1) is 14.7. The molecular weight excluding hydrogens is 342 g/mol. The largest absolute Gasteiger partial charge is 0.398 e. The van der Waals surface area contributed by atoms with E-state index in [1.54, 1.807) is 24.4 Å². The number of nitrogens with two attached hydrogens (primary N) is 1. The Hall–Kier alpha value is -1.73. The van der Waals surface area contributed by atoms with Crippen LogP contribution >= 0.6 is 27.7 Å². The van der Waals surface area contributed by atoms with Gasteiger partial charge in [-0.25, -0.2) is 0 Å². The monoisotopic (exact) mass is 353 g/mol. The molecule has 0 fully saturated rings. The molecule has 0 aliphatic carbocycles. The number of aromatic nitrogens is 1. The van der Waals surface area contributed by atoms with Gasteiger partial charge in [0, 0.05) is 21.3 Å². The predicted molar refractivity (Wildman–Crippen MR) is 82.5 cm³/mol. The van der Waals surface area contributed by atoms with E-state index in [-0.39, 0.29) is 11.7 Å². The number of hydrogen-bond donors (Lipinski definition) is 3. The minimum absolute atomic E-state index is 0.123. The smallest absolute Gasteiger partial charge is 0.274 e. The summed E-state index contributed by atoms with van der Waals surface area (Å²) in [7, 11) is 0. The van der Waals surface area contributed by atoms with Crippen molar-refractivity contribution < 1.29 is 9.59 Å². The van der Waals surface area contributed by atoms with Gasteiger partial charge in [-0.15, -0.1) is 11.8 Å². The van der Waals surface area contributed by atoms with E-state index in [0.717, 1.165) is 9.37 Å². The Morgan fingerprint density at radius 3 is 2.80 bits per heavy atom. The molecule has 2 rings (SSSR count). The minimum Gasteiger partial charge on any atom is -0.398 e. The lowest BCUT2D eigenvalue weighted by atomic mass is 10.3. The fourth-order valence-corrected chi connectivity index (χ4v) is 2.62. The average molecular weight is 354 g/mol. The molecule has 0 aliphatic heterocycles. The summed E-state index contributed by atoms with van der Waals surface area (Å²) in [5.74, 6) is -0.681. The van der Waals surface area contributed by atoms with E-state index in [9.17, 15) is 9.59 Å². The van der Waals surface area contributed by atoms with Crippen molar-refractivity contribution in [3.05, 3.63) is 46.7 Å². The van der Waals surface area contributed by atoms with Gasteiger partial charge < -0.3 is 10.7 Å². The van der Waals surface area contributed by atoms with Crippen LogP contribution in [0.3, 0.4) is 0 Å². The molecule has 0 saturated heterocycles. The van der Waals surface area contributed by atoms with Crippen molar-refractivity contribution in [1.82, 2.24) is 10.3 Å². The summed E-state index contributed by atoms with van der Waals surface area (Å²) < 4.78 is 0.880. The van der Waals surface area contributed by atoms with Gasteiger partial charge in [0.1, 0.15) is 5.69 Å². The van der Waals surface area contributed by atoms with Gasteiger partial charge in [0.25, 0.3) is 5.91 Å². The lowest BCUT2D eigenvalue weighted by Crippen LogP contribution is -2.32. The van der Waals surface area contributed by atoms with Crippen LogP contribution in [0.5, 0.6) is 0 Å². The molecule has 20 heavy (non-hydrogen) atoms. The topological polar surface area (TPSA) is 88.0 Å². The molecule has 0 unspecified atom stereocenters. The van der Waals surface area contributed by atoms with Gasteiger partial charge in [0.15, 0.2) is 0 Å². The van der Waals surface area contributed by atoms with E-state index < -0.39 is 5.91 Å². The summed E-state index contributed by atoms with van der Waals surface area (Å²) in [6.07, 6.45) is 1.62. The first-order chi connectivity index (χ1) is 9.56. The van der Waals surface area contributed by atoms with Crippen LogP contribution in [0.2, 0.25) is 0 Å². The molecular formula is C13H12BrN3O2S. The van der Waals surface area contributed by atoms with Crippen LogP contribution in [-0.2, 0) is 4.79 Å². The predicted octanol–water partition coefficient (Wildman–Crippen LogP) is 2.41. The third kappa shape index (κ3) is 3.88. The molecule has 0 bridgehead atoms. The molecule has 104 valence electrons.